The zero-order chi connectivity index (χ0) is 33.5. The van der Waals surface area contributed by atoms with E-state index in [1.165, 1.54) is 63.2 Å². The number of carbonyl (C=O) groups is 2. The number of esters is 1. The van der Waals surface area contributed by atoms with Gasteiger partial charge in [0.1, 0.15) is 12.1 Å². The molecule has 0 radical (unpaired) electrons. The van der Waals surface area contributed by atoms with E-state index in [2.05, 4.69) is 16.0 Å². The molecule has 1 N–H and O–H groups in total. The van der Waals surface area contributed by atoms with E-state index in [-0.39, 0.29) is 50.5 Å². The maximum Gasteiger partial charge on any atom is 0.387 e. The van der Waals surface area contributed by atoms with Crippen LogP contribution in [0.2, 0.25) is 0 Å². The molecule has 1 fully saturated rings. The van der Waals surface area contributed by atoms with Gasteiger partial charge in [-0.25, -0.2) is 8.42 Å². The second-order valence-electron chi connectivity index (χ2n) is 11.0. The number of carbonyl (C=O) groups excluding carboxylic acids is 2. The summed E-state index contributed by atoms with van der Waals surface area (Å²) in [6.07, 6.45) is 0.599. The smallest absolute Gasteiger partial charge is 0.387 e. The maximum atomic E-state index is 14.0. The SMILES string of the molecule is C=C(Cl)/C(C[C@H](OC(=O)C(NS(=O)(=O)c1ccccc1)C(C)(C)SC(C)=O)c1ccc(OC(F)F)c(OCC2CC2)c1)=C(\C)Cl. The Morgan fingerprint density at radius 1 is 1.09 bits per heavy atom. The maximum absolute atomic E-state index is 14.0. The zero-order valence-electron chi connectivity index (χ0n) is 25.1. The number of allylic oxidation sites excluding steroid dienone is 2. The van der Waals surface area contributed by atoms with Crippen LogP contribution in [0.3, 0.4) is 0 Å². The monoisotopic (exact) mass is 705 g/mol. The van der Waals surface area contributed by atoms with Gasteiger partial charge in [0, 0.05) is 28.2 Å². The number of hydrogen-bond acceptors (Lipinski definition) is 8. The van der Waals surface area contributed by atoms with Crippen LogP contribution in [0.15, 0.2) is 75.6 Å². The number of rotatable bonds is 16. The average molecular weight is 707 g/mol. The minimum atomic E-state index is -4.26. The van der Waals surface area contributed by atoms with Crippen LogP contribution in [-0.2, 0) is 24.3 Å². The summed E-state index contributed by atoms with van der Waals surface area (Å²) >= 11 is 13.3. The number of hydrogen-bond donors (Lipinski definition) is 1. The summed E-state index contributed by atoms with van der Waals surface area (Å²) in [6.45, 7) is 6.82. The summed E-state index contributed by atoms with van der Waals surface area (Å²) in [4.78, 5) is 26.0. The van der Waals surface area contributed by atoms with E-state index in [4.69, 9.17) is 32.7 Å². The van der Waals surface area contributed by atoms with E-state index >= 15 is 0 Å². The summed E-state index contributed by atoms with van der Waals surface area (Å²) in [5, 5.41) is -0.0327. The molecule has 2 aromatic rings. The van der Waals surface area contributed by atoms with Crippen LogP contribution in [0.5, 0.6) is 11.5 Å². The molecular formula is C31H35Cl2F2NO7S2. The van der Waals surface area contributed by atoms with E-state index in [0.717, 1.165) is 24.6 Å². The number of benzene rings is 2. The third-order valence-electron chi connectivity index (χ3n) is 6.78. The summed E-state index contributed by atoms with van der Waals surface area (Å²) in [5.41, 5.74) is 0.633. The highest BCUT2D eigenvalue weighted by Gasteiger charge is 2.42. The number of thioether (sulfide) groups is 1. The van der Waals surface area contributed by atoms with E-state index in [0.29, 0.717) is 11.1 Å². The van der Waals surface area contributed by atoms with Gasteiger partial charge in [0.15, 0.2) is 16.6 Å². The number of nitrogens with one attached hydrogen (secondary N) is 1. The number of alkyl halides is 2. The van der Waals surface area contributed by atoms with Crippen molar-refractivity contribution in [3.05, 3.63) is 76.3 Å². The summed E-state index contributed by atoms with van der Waals surface area (Å²) in [5.74, 6) is -0.933. The van der Waals surface area contributed by atoms with Crippen molar-refractivity contribution >= 4 is 56.1 Å². The predicted molar refractivity (Wildman–Crippen MR) is 171 cm³/mol. The molecule has 0 aromatic heterocycles. The molecule has 0 spiro atoms. The first-order chi connectivity index (χ1) is 21.0. The molecule has 45 heavy (non-hydrogen) atoms. The molecular weight excluding hydrogens is 671 g/mol. The number of sulfonamides is 1. The van der Waals surface area contributed by atoms with Crippen molar-refractivity contribution in [2.24, 2.45) is 5.92 Å². The third-order valence-corrected chi connectivity index (χ3v) is 9.73. The highest BCUT2D eigenvalue weighted by atomic mass is 35.5. The van der Waals surface area contributed by atoms with Crippen molar-refractivity contribution in [3.8, 4) is 11.5 Å². The number of ether oxygens (including phenoxy) is 3. The summed E-state index contributed by atoms with van der Waals surface area (Å²) < 4.78 is 70.5. The van der Waals surface area contributed by atoms with Gasteiger partial charge in [-0.2, -0.15) is 13.5 Å². The normalized spacial score (nSPS) is 15.6. The highest BCUT2D eigenvalue weighted by molar-refractivity contribution is 8.14. The topological polar surface area (TPSA) is 108 Å². The molecule has 2 atom stereocenters. The molecule has 0 saturated heterocycles. The Labute approximate surface area is 276 Å². The van der Waals surface area contributed by atoms with Crippen molar-refractivity contribution in [3.63, 3.8) is 0 Å². The van der Waals surface area contributed by atoms with E-state index < -0.39 is 39.5 Å². The van der Waals surface area contributed by atoms with E-state index in [1.807, 2.05) is 0 Å². The lowest BCUT2D eigenvalue weighted by Gasteiger charge is -2.33. The van der Waals surface area contributed by atoms with Crippen LogP contribution < -0.4 is 14.2 Å². The largest absolute Gasteiger partial charge is 0.489 e. The standard InChI is InChI=1S/C31H35Cl2F2NO7S2/c1-18(32)24(19(2)33)16-26(22-13-14-25(43-30(34)35)27(15-22)41-17-21-11-12-21)42-29(38)28(31(4,5)44-20(3)37)36-45(39,40)23-9-7-6-8-10-23/h6-10,13-15,21,26,28,30,36H,1,11-12,16-17H2,2-5H3/b24-19+/t26-,28?/m0/s1. The summed E-state index contributed by atoms with van der Waals surface area (Å²) in [7, 11) is -4.26. The van der Waals surface area contributed by atoms with Crippen molar-refractivity contribution in [2.45, 2.75) is 75.4 Å². The van der Waals surface area contributed by atoms with Crippen molar-refractivity contribution in [1.82, 2.24) is 4.72 Å². The summed E-state index contributed by atoms with van der Waals surface area (Å²) in [6, 6.07) is 9.94. The molecule has 0 aliphatic heterocycles. The fourth-order valence-electron chi connectivity index (χ4n) is 4.31. The minimum absolute atomic E-state index is 0.00682. The fraction of sp³-hybridized carbons (Fsp3) is 0.419. The van der Waals surface area contributed by atoms with Gasteiger partial charge in [-0.05, 0) is 74.9 Å². The molecule has 1 saturated carbocycles. The first kappa shape index (κ1) is 36.8. The Morgan fingerprint density at radius 3 is 2.27 bits per heavy atom. The van der Waals surface area contributed by atoms with Crippen LogP contribution in [0.4, 0.5) is 8.78 Å². The Balaban J connectivity index is 2.07. The Bertz CT molecular complexity index is 1530. The minimum Gasteiger partial charge on any atom is -0.489 e. The first-order valence-corrected chi connectivity index (χ1v) is 16.9. The van der Waals surface area contributed by atoms with Crippen LogP contribution in [-0.4, -0.2) is 43.5 Å². The average Bonchev–Trinajstić information content (AvgIpc) is 3.77. The Morgan fingerprint density at radius 2 is 1.73 bits per heavy atom. The fourth-order valence-corrected chi connectivity index (χ4v) is 7.21. The number of halogens is 4. The molecule has 8 nitrogen and oxygen atoms in total. The van der Waals surface area contributed by atoms with Crippen LogP contribution >= 0.6 is 35.0 Å². The van der Waals surface area contributed by atoms with E-state index in [9.17, 15) is 26.8 Å². The van der Waals surface area contributed by atoms with Crippen LogP contribution in [0.1, 0.15) is 58.6 Å². The van der Waals surface area contributed by atoms with Gasteiger partial charge in [-0.1, -0.05) is 65.8 Å². The van der Waals surface area contributed by atoms with Gasteiger partial charge in [0.25, 0.3) is 0 Å². The van der Waals surface area contributed by atoms with Gasteiger partial charge >= 0.3 is 12.6 Å². The van der Waals surface area contributed by atoms with Gasteiger partial charge in [-0.15, -0.1) is 0 Å². The predicted octanol–water partition coefficient (Wildman–Crippen LogP) is 7.72. The zero-order valence-corrected chi connectivity index (χ0v) is 28.3. The van der Waals surface area contributed by atoms with Crippen LogP contribution in [0, 0.1) is 5.92 Å². The molecule has 0 amide bonds. The van der Waals surface area contributed by atoms with Gasteiger partial charge in [0.05, 0.1) is 11.5 Å². The lowest BCUT2D eigenvalue weighted by atomic mass is 9.99. The lowest BCUT2D eigenvalue weighted by Crippen LogP contribution is -2.53. The molecule has 1 unspecified atom stereocenters. The molecule has 1 aliphatic carbocycles. The second kappa shape index (κ2) is 15.8. The molecule has 0 heterocycles. The van der Waals surface area contributed by atoms with Crippen molar-refractivity contribution in [1.29, 1.82) is 0 Å². The van der Waals surface area contributed by atoms with Gasteiger partial charge < -0.3 is 14.2 Å². The molecule has 1 aliphatic rings. The van der Waals surface area contributed by atoms with Gasteiger partial charge in [-0.3, -0.25) is 9.59 Å². The third kappa shape index (κ3) is 11.0. The van der Waals surface area contributed by atoms with Crippen molar-refractivity contribution < 1.29 is 41.0 Å². The second-order valence-corrected chi connectivity index (χ2v) is 15.5. The highest BCUT2D eigenvalue weighted by Crippen LogP contribution is 2.40. The Hall–Kier alpha value is -2.64. The van der Waals surface area contributed by atoms with E-state index in [1.54, 1.807) is 13.0 Å². The van der Waals surface area contributed by atoms with Gasteiger partial charge in [0.2, 0.25) is 10.0 Å². The molecule has 3 rings (SSSR count). The lowest BCUT2D eigenvalue weighted by molar-refractivity contribution is -0.152. The quantitative estimate of drug-likeness (QED) is 0.140. The molecule has 2 aromatic carbocycles. The van der Waals surface area contributed by atoms with Crippen molar-refractivity contribution in [2.75, 3.05) is 6.61 Å². The Kier molecular flexibility index (Phi) is 12.9. The first-order valence-electron chi connectivity index (χ1n) is 13.9. The molecule has 246 valence electrons. The molecule has 14 heteroatoms. The van der Waals surface area contributed by atoms with Crippen LogP contribution in [0.25, 0.3) is 0 Å². The molecule has 0 bridgehead atoms.